The minimum Gasteiger partial charge on any atom is -0.507 e. The fourth-order valence-electron chi connectivity index (χ4n) is 3.83. The Kier molecular flexibility index (Phi) is 6.96. The third-order valence-electron chi connectivity index (χ3n) is 5.64. The molecule has 0 aliphatic carbocycles. The van der Waals surface area contributed by atoms with Crippen molar-refractivity contribution >= 4 is 16.9 Å². The highest BCUT2D eigenvalue weighted by atomic mass is 16.5. The van der Waals surface area contributed by atoms with E-state index >= 15 is 0 Å². The third-order valence-corrected chi connectivity index (χ3v) is 5.64. The number of aromatic hydroxyl groups is 1. The van der Waals surface area contributed by atoms with Crippen molar-refractivity contribution in [3.8, 4) is 17.2 Å². The molecule has 0 bridgehead atoms. The molecule has 174 valence electrons. The van der Waals surface area contributed by atoms with Crippen LogP contribution in [0, 0.1) is 6.92 Å². The van der Waals surface area contributed by atoms with Crippen molar-refractivity contribution in [1.29, 1.82) is 0 Å². The van der Waals surface area contributed by atoms with Crippen LogP contribution in [0.3, 0.4) is 0 Å². The molecule has 0 amide bonds. The topological polar surface area (TPSA) is 99.6 Å². The van der Waals surface area contributed by atoms with E-state index in [1.165, 1.54) is 11.0 Å². The molecular weight excluding hydrogens is 426 g/mol. The minimum atomic E-state index is -0.403. The van der Waals surface area contributed by atoms with Crippen molar-refractivity contribution in [2.45, 2.75) is 26.8 Å². The molecule has 2 N–H and O–H groups in total. The van der Waals surface area contributed by atoms with Gasteiger partial charge in [-0.2, -0.15) is 0 Å². The summed E-state index contributed by atoms with van der Waals surface area (Å²) in [5.41, 5.74) is 1.06. The van der Waals surface area contributed by atoms with Crippen molar-refractivity contribution in [2.75, 3.05) is 32.9 Å². The molecule has 1 aromatic heterocycles. The lowest BCUT2D eigenvalue weighted by Gasteiger charge is -2.24. The SMILES string of the molecule is CCCOC(=O)c1ccc(Oc2c(C)oc3c(C[NH+]4CCOCC4)c(O)ccc3c2=O)cc1. The summed E-state index contributed by atoms with van der Waals surface area (Å²) in [6, 6.07) is 9.46. The van der Waals surface area contributed by atoms with Gasteiger partial charge in [-0.25, -0.2) is 4.79 Å². The number of nitrogens with one attached hydrogen (secondary N) is 1. The van der Waals surface area contributed by atoms with Crippen molar-refractivity contribution in [2.24, 2.45) is 0 Å². The molecule has 8 heteroatoms. The van der Waals surface area contributed by atoms with Gasteiger partial charge in [0.25, 0.3) is 0 Å². The van der Waals surface area contributed by atoms with Crippen LogP contribution in [0.25, 0.3) is 11.0 Å². The van der Waals surface area contributed by atoms with Crippen LogP contribution in [-0.4, -0.2) is 44.0 Å². The van der Waals surface area contributed by atoms with Gasteiger partial charge in [0, 0.05) is 0 Å². The van der Waals surface area contributed by atoms with E-state index in [-0.39, 0.29) is 16.9 Å². The maximum Gasteiger partial charge on any atom is 0.338 e. The summed E-state index contributed by atoms with van der Waals surface area (Å²) in [4.78, 5) is 26.5. The molecule has 0 unspecified atom stereocenters. The summed E-state index contributed by atoms with van der Waals surface area (Å²) in [6.45, 7) is 7.44. The van der Waals surface area contributed by atoms with Crippen LogP contribution in [0.15, 0.2) is 45.6 Å². The molecule has 1 saturated heterocycles. The zero-order valence-corrected chi connectivity index (χ0v) is 18.8. The van der Waals surface area contributed by atoms with Crippen LogP contribution in [-0.2, 0) is 16.0 Å². The maximum atomic E-state index is 13.2. The predicted molar refractivity (Wildman–Crippen MR) is 121 cm³/mol. The fourth-order valence-corrected chi connectivity index (χ4v) is 3.83. The van der Waals surface area contributed by atoms with Crippen LogP contribution in [0.4, 0.5) is 0 Å². The maximum absolute atomic E-state index is 13.2. The Morgan fingerprint density at radius 1 is 1.12 bits per heavy atom. The van der Waals surface area contributed by atoms with Gasteiger partial charge < -0.3 is 28.6 Å². The first-order chi connectivity index (χ1) is 16.0. The van der Waals surface area contributed by atoms with Gasteiger partial charge in [-0.1, -0.05) is 6.92 Å². The van der Waals surface area contributed by atoms with E-state index in [2.05, 4.69) is 0 Å². The number of aryl methyl sites for hydroxylation is 1. The van der Waals surface area contributed by atoms with Crippen LogP contribution >= 0.6 is 0 Å². The van der Waals surface area contributed by atoms with E-state index < -0.39 is 5.97 Å². The molecule has 0 atom stereocenters. The molecule has 8 nitrogen and oxygen atoms in total. The summed E-state index contributed by atoms with van der Waals surface area (Å²) in [7, 11) is 0. The van der Waals surface area contributed by atoms with Gasteiger partial charge in [-0.3, -0.25) is 4.79 Å². The Hall–Kier alpha value is -3.36. The van der Waals surface area contributed by atoms with Crippen molar-refractivity contribution in [1.82, 2.24) is 0 Å². The van der Waals surface area contributed by atoms with E-state index in [0.717, 1.165) is 19.5 Å². The number of phenolic OH excluding ortho intramolecular Hbond substituents is 1. The molecule has 4 rings (SSSR count). The van der Waals surface area contributed by atoms with Crippen molar-refractivity contribution in [3.05, 3.63) is 63.5 Å². The van der Waals surface area contributed by atoms with E-state index in [4.69, 9.17) is 18.6 Å². The highest BCUT2D eigenvalue weighted by Gasteiger charge is 2.23. The molecule has 0 radical (unpaired) electrons. The van der Waals surface area contributed by atoms with Gasteiger partial charge >= 0.3 is 5.97 Å². The van der Waals surface area contributed by atoms with Crippen molar-refractivity contribution in [3.63, 3.8) is 0 Å². The van der Waals surface area contributed by atoms with Crippen LogP contribution in [0.2, 0.25) is 0 Å². The number of fused-ring (bicyclic) bond motifs is 1. The fraction of sp³-hybridized carbons (Fsp3) is 0.360. The smallest absolute Gasteiger partial charge is 0.338 e. The Labute approximate surface area is 191 Å². The lowest BCUT2D eigenvalue weighted by molar-refractivity contribution is -0.921. The van der Waals surface area contributed by atoms with E-state index in [1.807, 2.05) is 6.92 Å². The van der Waals surface area contributed by atoms with Crippen LogP contribution in [0.1, 0.15) is 35.0 Å². The lowest BCUT2D eigenvalue weighted by atomic mass is 10.1. The Morgan fingerprint density at radius 3 is 2.55 bits per heavy atom. The standard InChI is InChI=1S/C25H27NO7/c1-3-12-31-25(29)17-4-6-18(7-5-17)33-23-16(2)32-24-19(22(23)28)8-9-21(27)20(24)15-26-10-13-30-14-11-26/h4-9,27H,3,10-15H2,1-2H3/p+1. The Balaban J connectivity index is 1.62. The largest absolute Gasteiger partial charge is 0.507 e. The predicted octanol–water partition coefficient (Wildman–Crippen LogP) is 2.58. The second-order valence-electron chi connectivity index (χ2n) is 8.06. The first-order valence-corrected chi connectivity index (χ1v) is 11.1. The summed E-state index contributed by atoms with van der Waals surface area (Å²) >= 11 is 0. The number of esters is 1. The van der Waals surface area contributed by atoms with Gasteiger partial charge in [0.1, 0.15) is 36.9 Å². The molecule has 33 heavy (non-hydrogen) atoms. The minimum absolute atomic E-state index is 0.0687. The summed E-state index contributed by atoms with van der Waals surface area (Å²) < 4.78 is 22.4. The van der Waals surface area contributed by atoms with Gasteiger partial charge in [-0.15, -0.1) is 0 Å². The first-order valence-electron chi connectivity index (χ1n) is 11.1. The third kappa shape index (κ3) is 5.02. The number of hydrogen-bond acceptors (Lipinski definition) is 7. The number of ether oxygens (including phenoxy) is 3. The highest BCUT2D eigenvalue weighted by Crippen LogP contribution is 2.30. The molecule has 1 aliphatic rings. The average Bonchev–Trinajstić information content (AvgIpc) is 2.83. The highest BCUT2D eigenvalue weighted by molar-refractivity contribution is 5.89. The number of benzene rings is 2. The van der Waals surface area contributed by atoms with E-state index in [0.29, 0.717) is 60.0 Å². The number of quaternary nitrogens is 1. The van der Waals surface area contributed by atoms with Gasteiger partial charge in [0.15, 0.2) is 5.58 Å². The summed E-state index contributed by atoms with van der Waals surface area (Å²) in [5.74, 6) is 0.471. The molecule has 1 fully saturated rings. The molecule has 3 aromatic rings. The Bertz CT molecular complexity index is 1190. The molecule has 0 saturated carbocycles. The van der Waals surface area contributed by atoms with Crippen molar-refractivity contribution < 1.29 is 33.4 Å². The molecule has 2 aromatic carbocycles. The molecule has 2 heterocycles. The molecule has 1 aliphatic heterocycles. The lowest BCUT2D eigenvalue weighted by Crippen LogP contribution is -3.12. The zero-order valence-electron chi connectivity index (χ0n) is 18.8. The molecule has 0 spiro atoms. The number of rotatable bonds is 7. The van der Waals surface area contributed by atoms with E-state index in [1.54, 1.807) is 37.3 Å². The molecular formula is C25H28NO7+. The van der Waals surface area contributed by atoms with Crippen LogP contribution in [0.5, 0.6) is 17.2 Å². The second-order valence-corrected chi connectivity index (χ2v) is 8.06. The Morgan fingerprint density at radius 2 is 1.85 bits per heavy atom. The van der Waals surface area contributed by atoms with E-state index in [9.17, 15) is 14.7 Å². The summed E-state index contributed by atoms with van der Waals surface area (Å²) in [5, 5.41) is 10.8. The number of morpholine rings is 1. The normalized spacial score (nSPS) is 14.4. The van der Waals surface area contributed by atoms with Gasteiger partial charge in [0.2, 0.25) is 11.2 Å². The number of carbonyl (C=O) groups excluding carboxylic acids is 1. The quantitative estimate of drug-likeness (QED) is 0.530. The average molecular weight is 454 g/mol. The van der Waals surface area contributed by atoms with Gasteiger partial charge in [-0.05, 0) is 49.7 Å². The monoisotopic (exact) mass is 454 g/mol. The van der Waals surface area contributed by atoms with Gasteiger partial charge in [0.05, 0.1) is 36.3 Å². The zero-order chi connectivity index (χ0) is 23.4. The first kappa shape index (κ1) is 22.8. The number of phenols is 1. The van der Waals surface area contributed by atoms with Crippen LogP contribution < -0.4 is 15.1 Å². The summed E-state index contributed by atoms with van der Waals surface area (Å²) in [6.07, 6.45) is 0.747. The number of hydrogen-bond donors (Lipinski definition) is 2. The number of carbonyl (C=O) groups is 1. The second kappa shape index (κ2) is 10.1.